The molecule has 8 nitrogen and oxygen atoms in total. The van der Waals surface area contributed by atoms with Crippen molar-refractivity contribution in [2.45, 2.75) is 123 Å². The largest absolute Gasteiger partial charge is 0.293 e. The van der Waals surface area contributed by atoms with E-state index in [2.05, 4.69) is 123 Å². The quantitative estimate of drug-likeness (QED) is 0.0371. The maximum atomic E-state index is 13.0. The summed E-state index contributed by atoms with van der Waals surface area (Å²) in [6.07, 6.45) is 21.0. The Hall–Kier alpha value is -5.74. The van der Waals surface area contributed by atoms with Gasteiger partial charge in [0.25, 0.3) is 11.8 Å². The van der Waals surface area contributed by atoms with Crippen LogP contribution in [-0.2, 0) is 15.0 Å². The molecular weight excluding hydrogens is 1090 g/mol. The van der Waals surface area contributed by atoms with Gasteiger partial charge in [-0.25, -0.2) is 0 Å². The number of nitrogens with zero attached hydrogens (tertiary/aromatic N) is 6. The summed E-state index contributed by atoms with van der Waals surface area (Å²) in [7, 11) is 0. The first-order chi connectivity index (χ1) is 38.6. The van der Waals surface area contributed by atoms with Crippen molar-refractivity contribution in [3.05, 3.63) is 141 Å². The van der Waals surface area contributed by atoms with E-state index >= 15 is 0 Å². The Morgan fingerprint density at radius 1 is 0.430 bits per heavy atom. The van der Waals surface area contributed by atoms with Crippen molar-refractivity contribution in [2.24, 2.45) is 0 Å². The number of thiocarbonyl (C=S) groups is 2. The molecule has 79 heavy (non-hydrogen) atoms. The first-order valence-corrected chi connectivity index (χ1v) is 32.1. The molecule has 3 aliphatic rings. The van der Waals surface area contributed by atoms with E-state index in [0.717, 1.165) is 79.4 Å². The number of hydrogen-bond acceptors (Lipinski definition) is 12. The zero-order valence-electron chi connectivity index (χ0n) is 45.3. The zero-order valence-corrected chi connectivity index (χ0v) is 50.2. The number of unbranched alkanes of at least 4 members (excludes halogenated alkanes) is 10. The van der Waals surface area contributed by atoms with Crippen molar-refractivity contribution in [1.82, 2.24) is 27.3 Å². The third kappa shape index (κ3) is 11.0. The SMILES string of the molecule is CCCCCCCCC1(CCCCCCCC)c2cc(-c3ccc(-c4ccc(/C=C5/SC(=S)N(CC)C5=O)cc4)c4nsnc34)ccc2-c2ccc(-c3ccc(-c4ccc(/C=C5/SC(=S)N(CC)C5=O)cc4)c4nsnc34)cc21. The van der Waals surface area contributed by atoms with Gasteiger partial charge >= 0.3 is 0 Å². The molecule has 0 N–H and O–H groups in total. The molecule has 6 aromatic carbocycles. The Labute approximate surface area is 492 Å². The number of aromatic nitrogens is 4. The molecule has 11 rings (SSSR count). The summed E-state index contributed by atoms with van der Waals surface area (Å²) < 4.78 is 21.1. The van der Waals surface area contributed by atoms with Crippen molar-refractivity contribution >= 4 is 126 Å². The fraction of sp³-hybridized carbons (Fsp3) is 0.323. The van der Waals surface area contributed by atoms with Crippen LogP contribution in [0.1, 0.15) is 140 Å². The van der Waals surface area contributed by atoms with Crippen LogP contribution in [0.2, 0.25) is 0 Å². The molecule has 0 radical (unpaired) electrons. The van der Waals surface area contributed by atoms with E-state index in [4.69, 9.17) is 41.9 Å². The average molecular weight is 1150 g/mol. The molecule has 0 atom stereocenters. The lowest BCUT2D eigenvalue weighted by Gasteiger charge is -2.33. The molecule has 2 amide bonds. The number of carbonyl (C=O) groups is 2. The smallest absolute Gasteiger partial charge is 0.266 e. The first kappa shape index (κ1) is 55.2. The van der Waals surface area contributed by atoms with Gasteiger partial charge in [0.2, 0.25) is 0 Å². The van der Waals surface area contributed by atoms with Crippen molar-refractivity contribution in [3.8, 4) is 55.6 Å². The van der Waals surface area contributed by atoms with E-state index in [1.807, 2.05) is 26.0 Å². The number of benzene rings is 6. The number of hydrogen-bond donors (Lipinski definition) is 0. The standard InChI is InChI=1S/C65H64N6O2S6/c1-5-9-11-13-15-17-35-65(36-18-16-14-12-10-6-2)53-39-45(49-33-31-47(57-59(49)68-78-66-57)43-23-19-41(20-24-43)37-55-61(72)70(7-3)63(74)76-55)27-29-51(53)52-30-28-46(40-54(52)65)50-34-32-48(58-60(50)69-79-67-58)44-25-21-42(22-26-44)38-56-62(73)71(8-4)64(75)77-56/h19-34,37-40H,5-18,35-36H2,1-4H3/b55-37+,56-38+. The molecule has 2 fully saturated rings. The minimum Gasteiger partial charge on any atom is -0.293 e. The van der Waals surface area contributed by atoms with Crippen LogP contribution in [0.4, 0.5) is 0 Å². The summed E-state index contributed by atoms with van der Waals surface area (Å²) in [6, 6.07) is 40.0. The van der Waals surface area contributed by atoms with Crippen molar-refractivity contribution in [2.75, 3.05) is 13.1 Å². The summed E-state index contributed by atoms with van der Waals surface area (Å²) >= 11 is 16.2. The molecule has 402 valence electrons. The number of amides is 2. The number of likely N-dealkylation sites (N-methyl/N-ethyl adjacent to an activating group) is 2. The number of fused-ring (bicyclic) bond motifs is 5. The summed E-state index contributed by atoms with van der Waals surface area (Å²) in [5, 5.41) is 0. The van der Waals surface area contributed by atoms with E-state index in [9.17, 15) is 9.59 Å². The molecule has 0 bridgehead atoms. The maximum absolute atomic E-state index is 13.0. The van der Waals surface area contributed by atoms with Gasteiger partial charge in [0, 0.05) is 40.8 Å². The minimum atomic E-state index is -0.179. The monoisotopic (exact) mass is 1150 g/mol. The van der Waals surface area contributed by atoms with Crippen LogP contribution in [0.25, 0.3) is 89.9 Å². The normalized spacial score (nSPS) is 16.0. The van der Waals surface area contributed by atoms with Gasteiger partial charge in [0.1, 0.15) is 30.7 Å². The Morgan fingerprint density at radius 2 is 0.759 bits per heavy atom. The van der Waals surface area contributed by atoms with Crippen LogP contribution in [0.5, 0.6) is 0 Å². The topological polar surface area (TPSA) is 92.2 Å². The fourth-order valence-corrected chi connectivity index (χ4v) is 15.9. The van der Waals surface area contributed by atoms with Crippen LogP contribution in [-0.4, -0.2) is 60.8 Å². The lowest BCUT2D eigenvalue weighted by molar-refractivity contribution is -0.122. The number of rotatable bonds is 22. The van der Waals surface area contributed by atoms with Gasteiger partial charge < -0.3 is 0 Å². The van der Waals surface area contributed by atoms with Gasteiger partial charge in [-0.1, -0.05) is 236 Å². The van der Waals surface area contributed by atoms with Crippen LogP contribution in [0, 0.1) is 0 Å². The predicted molar refractivity (Wildman–Crippen MR) is 343 cm³/mol. The van der Waals surface area contributed by atoms with E-state index in [1.165, 1.54) is 157 Å². The summed E-state index contributed by atoms with van der Waals surface area (Å²) in [5.41, 5.74) is 19.6. The van der Waals surface area contributed by atoms with E-state index in [0.29, 0.717) is 31.5 Å². The third-order valence-corrected chi connectivity index (χ3v) is 20.0. The minimum absolute atomic E-state index is 0.0321. The van der Waals surface area contributed by atoms with Crippen molar-refractivity contribution in [1.29, 1.82) is 0 Å². The van der Waals surface area contributed by atoms with E-state index in [-0.39, 0.29) is 17.2 Å². The van der Waals surface area contributed by atoms with Gasteiger partial charge in [0.05, 0.1) is 33.3 Å². The second kappa shape index (κ2) is 24.5. The highest BCUT2D eigenvalue weighted by atomic mass is 32.2. The Bertz CT molecular complexity index is 3450. The summed E-state index contributed by atoms with van der Waals surface area (Å²) in [4.78, 5) is 30.5. The van der Waals surface area contributed by atoms with Gasteiger partial charge in [-0.2, -0.15) is 17.5 Å². The summed E-state index contributed by atoms with van der Waals surface area (Å²) in [6.45, 7) is 9.63. The van der Waals surface area contributed by atoms with Crippen molar-refractivity contribution < 1.29 is 9.59 Å². The van der Waals surface area contributed by atoms with E-state index in [1.54, 1.807) is 9.80 Å². The van der Waals surface area contributed by atoms with Crippen LogP contribution < -0.4 is 0 Å². The van der Waals surface area contributed by atoms with E-state index < -0.39 is 0 Å². The summed E-state index contributed by atoms with van der Waals surface area (Å²) in [5.74, 6) is -0.0641. The van der Waals surface area contributed by atoms with Crippen LogP contribution in [0.15, 0.2) is 119 Å². The Kier molecular flexibility index (Phi) is 17.1. The van der Waals surface area contributed by atoms with Gasteiger partial charge in [-0.05, 0) is 107 Å². The average Bonchev–Trinajstić information content (AvgIpc) is 4.44. The lowest BCUT2D eigenvalue weighted by Crippen LogP contribution is -2.27. The molecule has 14 heteroatoms. The third-order valence-electron chi connectivity index (χ3n) is 16.1. The molecule has 2 saturated heterocycles. The highest BCUT2D eigenvalue weighted by Crippen LogP contribution is 2.56. The van der Waals surface area contributed by atoms with Crippen molar-refractivity contribution in [3.63, 3.8) is 0 Å². The van der Waals surface area contributed by atoms with Gasteiger partial charge in [0.15, 0.2) is 0 Å². The zero-order chi connectivity index (χ0) is 54.6. The molecule has 2 aromatic heterocycles. The molecule has 8 aromatic rings. The van der Waals surface area contributed by atoms with Crippen LogP contribution >= 0.6 is 71.4 Å². The Morgan fingerprint density at radius 3 is 1.11 bits per heavy atom. The second-order valence-electron chi connectivity index (χ2n) is 21.0. The molecule has 0 saturated carbocycles. The van der Waals surface area contributed by atoms with Crippen LogP contribution in [0.3, 0.4) is 0 Å². The first-order valence-electron chi connectivity index (χ1n) is 28.2. The Balaban J connectivity index is 0.947. The highest BCUT2D eigenvalue weighted by Gasteiger charge is 2.43. The molecule has 4 heterocycles. The molecule has 1 aliphatic carbocycles. The second-order valence-corrected chi connectivity index (χ2v) is 25.4. The van der Waals surface area contributed by atoms with Gasteiger partial charge in [-0.15, -0.1) is 0 Å². The maximum Gasteiger partial charge on any atom is 0.266 e. The molecule has 0 spiro atoms. The molecule has 2 aliphatic heterocycles. The highest BCUT2D eigenvalue weighted by molar-refractivity contribution is 8.27. The molecule has 0 unspecified atom stereocenters. The number of thioether (sulfide) groups is 2. The predicted octanol–water partition coefficient (Wildman–Crippen LogP) is 18.6. The fourth-order valence-electron chi connectivity index (χ4n) is 11.9. The molecular formula is C65H64N6O2S6. The van der Waals surface area contributed by atoms with Gasteiger partial charge in [-0.3, -0.25) is 19.4 Å². The lowest BCUT2D eigenvalue weighted by atomic mass is 9.70. The number of carbonyl (C=O) groups excluding carboxylic acids is 2.